The molecule has 0 spiro atoms. The van der Waals surface area contributed by atoms with Crippen molar-refractivity contribution in [2.45, 2.75) is 90.9 Å². The van der Waals surface area contributed by atoms with Crippen molar-refractivity contribution >= 4 is 11.6 Å². The maximum atomic E-state index is 13.0. The van der Waals surface area contributed by atoms with Crippen LogP contribution in [-0.2, 0) is 0 Å². The Kier molecular flexibility index (Phi) is 13.0. The highest BCUT2D eigenvalue weighted by Gasteiger charge is 2.17. The van der Waals surface area contributed by atoms with Gasteiger partial charge in [-0.1, -0.05) is 84.1 Å². The summed E-state index contributed by atoms with van der Waals surface area (Å²) in [6, 6.07) is 6.12. The van der Waals surface area contributed by atoms with Gasteiger partial charge in [-0.15, -0.1) is 0 Å². The smallest absolute Gasteiger partial charge is 0.270 e. The number of unbranched alkanes of at least 4 members (excludes halogenated alkanes) is 10. The number of rotatable bonds is 16. The summed E-state index contributed by atoms with van der Waals surface area (Å²) in [5, 5.41) is 11.0. The quantitative estimate of drug-likeness (QED) is 0.178. The third kappa shape index (κ3) is 9.86. The van der Waals surface area contributed by atoms with E-state index < -0.39 is 4.92 Å². The molecular weight excluding hydrogens is 352 g/mol. The molecule has 5 nitrogen and oxygen atoms in total. The monoisotopic (exact) mass is 390 g/mol. The van der Waals surface area contributed by atoms with Gasteiger partial charge in [-0.2, -0.15) is 0 Å². The summed E-state index contributed by atoms with van der Waals surface area (Å²) in [7, 11) is 0. The first-order valence-corrected chi connectivity index (χ1v) is 11.1. The minimum Gasteiger partial charge on any atom is -0.339 e. The van der Waals surface area contributed by atoms with Crippen molar-refractivity contribution in [3.8, 4) is 0 Å². The van der Waals surface area contributed by atoms with Crippen LogP contribution in [0.1, 0.15) is 101 Å². The standard InChI is InChI=1S/C23H38N2O3/c1-3-5-7-9-11-13-18-24(19-14-12-10-8-6-4-2)23(26)21-16-15-17-22(20-21)25(27)28/h15-17,20H,3-14,18-19H2,1-2H3. The van der Waals surface area contributed by atoms with Crippen LogP contribution in [0.15, 0.2) is 24.3 Å². The summed E-state index contributed by atoms with van der Waals surface area (Å²) in [6.07, 6.45) is 14.2. The Morgan fingerprint density at radius 1 is 0.857 bits per heavy atom. The highest BCUT2D eigenvalue weighted by Crippen LogP contribution is 2.16. The molecule has 28 heavy (non-hydrogen) atoms. The second kappa shape index (κ2) is 15.1. The number of amides is 1. The number of non-ortho nitro benzene ring substituents is 1. The van der Waals surface area contributed by atoms with Crippen LogP contribution in [0.2, 0.25) is 0 Å². The molecule has 0 saturated heterocycles. The fourth-order valence-electron chi connectivity index (χ4n) is 3.42. The van der Waals surface area contributed by atoms with Crippen LogP contribution in [0.25, 0.3) is 0 Å². The Labute approximate surface area is 170 Å². The molecule has 0 heterocycles. The van der Waals surface area contributed by atoms with Crippen LogP contribution in [0, 0.1) is 10.1 Å². The summed E-state index contributed by atoms with van der Waals surface area (Å²) >= 11 is 0. The molecule has 0 N–H and O–H groups in total. The number of carbonyl (C=O) groups excluding carboxylic acids is 1. The average Bonchev–Trinajstić information content (AvgIpc) is 2.71. The van der Waals surface area contributed by atoms with E-state index >= 15 is 0 Å². The first-order chi connectivity index (χ1) is 13.6. The summed E-state index contributed by atoms with van der Waals surface area (Å²) in [4.78, 5) is 25.4. The van der Waals surface area contributed by atoms with Crippen molar-refractivity contribution in [2.75, 3.05) is 13.1 Å². The average molecular weight is 391 g/mol. The Morgan fingerprint density at radius 3 is 1.86 bits per heavy atom. The lowest BCUT2D eigenvalue weighted by Crippen LogP contribution is -2.33. The molecule has 0 fully saturated rings. The van der Waals surface area contributed by atoms with Gasteiger partial charge in [0, 0.05) is 30.8 Å². The molecule has 0 aliphatic heterocycles. The maximum Gasteiger partial charge on any atom is 0.270 e. The molecule has 1 amide bonds. The zero-order valence-electron chi connectivity index (χ0n) is 17.8. The zero-order valence-corrected chi connectivity index (χ0v) is 17.8. The van der Waals surface area contributed by atoms with Gasteiger partial charge in [0.1, 0.15) is 0 Å². The van der Waals surface area contributed by atoms with Crippen molar-refractivity contribution in [3.05, 3.63) is 39.9 Å². The number of benzene rings is 1. The van der Waals surface area contributed by atoms with E-state index in [0.29, 0.717) is 5.56 Å². The molecule has 158 valence electrons. The van der Waals surface area contributed by atoms with Gasteiger partial charge in [0.25, 0.3) is 11.6 Å². The topological polar surface area (TPSA) is 63.5 Å². The molecule has 0 atom stereocenters. The van der Waals surface area contributed by atoms with Crippen LogP contribution in [-0.4, -0.2) is 28.8 Å². The third-order valence-electron chi connectivity index (χ3n) is 5.15. The Morgan fingerprint density at radius 2 is 1.36 bits per heavy atom. The summed E-state index contributed by atoms with van der Waals surface area (Å²) in [5.41, 5.74) is 0.399. The fourth-order valence-corrected chi connectivity index (χ4v) is 3.42. The molecule has 5 heteroatoms. The highest BCUT2D eigenvalue weighted by molar-refractivity contribution is 5.94. The van der Waals surface area contributed by atoms with Crippen molar-refractivity contribution < 1.29 is 9.72 Å². The van der Waals surface area contributed by atoms with Gasteiger partial charge in [-0.05, 0) is 18.9 Å². The SMILES string of the molecule is CCCCCCCCN(CCCCCCCC)C(=O)c1cccc([N+](=O)[O-])c1. The van der Waals surface area contributed by atoms with Crippen LogP contribution < -0.4 is 0 Å². The number of hydrogen-bond acceptors (Lipinski definition) is 3. The molecular formula is C23H38N2O3. The van der Waals surface area contributed by atoms with E-state index in [9.17, 15) is 14.9 Å². The largest absolute Gasteiger partial charge is 0.339 e. The normalized spacial score (nSPS) is 10.8. The van der Waals surface area contributed by atoms with Crippen molar-refractivity contribution in [1.29, 1.82) is 0 Å². The van der Waals surface area contributed by atoms with E-state index in [1.54, 1.807) is 12.1 Å². The second-order valence-electron chi connectivity index (χ2n) is 7.64. The van der Waals surface area contributed by atoms with Crippen molar-refractivity contribution in [3.63, 3.8) is 0 Å². The Balaban J connectivity index is 2.60. The highest BCUT2D eigenvalue weighted by atomic mass is 16.6. The van der Waals surface area contributed by atoms with E-state index in [1.165, 1.54) is 63.5 Å². The second-order valence-corrected chi connectivity index (χ2v) is 7.64. The summed E-state index contributed by atoms with van der Waals surface area (Å²) in [6.45, 7) is 5.89. The number of nitrogens with zero attached hydrogens (tertiary/aromatic N) is 2. The minimum absolute atomic E-state index is 0.0232. The maximum absolute atomic E-state index is 13.0. The van der Waals surface area contributed by atoms with E-state index in [2.05, 4.69) is 13.8 Å². The molecule has 1 aromatic rings. The molecule has 0 aliphatic rings. The number of nitro groups is 1. The molecule has 1 aromatic carbocycles. The van der Waals surface area contributed by atoms with Gasteiger partial charge in [-0.25, -0.2) is 0 Å². The molecule has 0 aromatic heterocycles. The molecule has 1 rings (SSSR count). The minimum atomic E-state index is -0.442. The summed E-state index contributed by atoms with van der Waals surface area (Å²) in [5.74, 6) is -0.0779. The van der Waals surface area contributed by atoms with E-state index in [1.807, 2.05) is 4.90 Å². The third-order valence-corrected chi connectivity index (χ3v) is 5.15. The number of nitro benzene ring substituents is 1. The fraction of sp³-hybridized carbons (Fsp3) is 0.696. The first kappa shape index (κ1) is 24.1. The number of hydrogen-bond donors (Lipinski definition) is 0. The molecule has 0 radical (unpaired) electrons. The lowest BCUT2D eigenvalue weighted by atomic mass is 10.1. The summed E-state index contributed by atoms with van der Waals surface area (Å²) < 4.78 is 0. The Hall–Kier alpha value is -1.91. The van der Waals surface area contributed by atoms with E-state index in [4.69, 9.17) is 0 Å². The lowest BCUT2D eigenvalue weighted by Gasteiger charge is -2.23. The molecule has 0 bridgehead atoms. The van der Waals surface area contributed by atoms with E-state index in [-0.39, 0.29) is 11.6 Å². The zero-order chi connectivity index (χ0) is 20.6. The van der Waals surface area contributed by atoms with Gasteiger partial charge < -0.3 is 4.90 Å². The number of carbonyl (C=O) groups is 1. The van der Waals surface area contributed by atoms with Gasteiger partial charge >= 0.3 is 0 Å². The van der Waals surface area contributed by atoms with Crippen LogP contribution in [0.5, 0.6) is 0 Å². The van der Waals surface area contributed by atoms with Gasteiger partial charge in [0.05, 0.1) is 4.92 Å². The van der Waals surface area contributed by atoms with Gasteiger partial charge in [0.15, 0.2) is 0 Å². The predicted octanol–water partition coefficient (Wildman–Crippen LogP) is 6.76. The van der Waals surface area contributed by atoms with Gasteiger partial charge in [0.2, 0.25) is 0 Å². The Bertz CT molecular complexity index is 559. The van der Waals surface area contributed by atoms with Crippen LogP contribution in [0.3, 0.4) is 0 Å². The predicted molar refractivity (Wildman–Crippen MR) is 116 cm³/mol. The van der Waals surface area contributed by atoms with Crippen LogP contribution in [0.4, 0.5) is 5.69 Å². The molecule has 0 saturated carbocycles. The van der Waals surface area contributed by atoms with E-state index in [0.717, 1.165) is 38.8 Å². The molecule has 0 aliphatic carbocycles. The van der Waals surface area contributed by atoms with Gasteiger partial charge in [-0.3, -0.25) is 14.9 Å². The van der Waals surface area contributed by atoms with Crippen LogP contribution >= 0.6 is 0 Å². The first-order valence-electron chi connectivity index (χ1n) is 11.1. The lowest BCUT2D eigenvalue weighted by molar-refractivity contribution is -0.384. The van der Waals surface area contributed by atoms with Crippen molar-refractivity contribution in [1.82, 2.24) is 4.90 Å². The molecule has 0 unspecified atom stereocenters. The van der Waals surface area contributed by atoms with Crippen molar-refractivity contribution in [2.24, 2.45) is 0 Å².